The van der Waals surface area contributed by atoms with Crippen molar-refractivity contribution < 1.29 is 33.0 Å². The molecule has 234 valence electrons. The van der Waals surface area contributed by atoms with E-state index in [0.29, 0.717) is 36.8 Å². The monoisotopic (exact) mass is 602 g/mol. The van der Waals surface area contributed by atoms with Crippen LogP contribution in [0.5, 0.6) is 28.7 Å². The maximum atomic E-state index is 13.2. The van der Waals surface area contributed by atoms with E-state index in [0.717, 1.165) is 63.8 Å². The van der Waals surface area contributed by atoms with Crippen LogP contribution in [-0.4, -0.2) is 77.6 Å². The molecule has 9 nitrogen and oxygen atoms in total. The van der Waals surface area contributed by atoms with Crippen molar-refractivity contribution in [2.24, 2.45) is 0 Å². The first-order valence-electron chi connectivity index (χ1n) is 15.0. The molecule has 2 N–H and O–H groups in total. The summed E-state index contributed by atoms with van der Waals surface area (Å²) in [5.41, 5.74) is 5.83. The molecule has 0 spiro atoms. The largest absolute Gasteiger partial charge is 0.497 e. The fourth-order valence-electron chi connectivity index (χ4n) is 6.43. The molecule has 0 radical (unpaired) electrons. The van der Waals surface area contributed by atoms with Crippen LogP contribution in [0.2, 0.25) is 0 Å². The smallest absolute Gasteiger partial charge is 0.225 e. The van der Waals surface area contributed by atoms with Gasteiger partial charge in [0.25, 0.3) is 0 Å². The van der Waals surface area contributed by atoms with Crippen molar-refractivity contribution in [1.82, 2.24) is 10.3 Å². The second-order valence-corrected chi connectivity index (χ2v) is 11.6. The number of rotatable bonds is 13. The summed E-state index contributed by atoms with van der Waals surface area (Å²) in [6.45, 7) is 2.19. The van der Waals surface area contributed by atoms with Crippen LogP contribution < -0.4 is 29.0 Å². The summed E-state index contributed by atoms with van der Waals surface area (Å²) in [5.74, 6) is 3.73. The number of hydrogen-bond acceptors (Lipinski definition) is 6. The van der Waals surface area contributed by atoms with Gasteiger partial charge in [-0.15, -0.1) is 0 Å². The van der Waals surface area contributed by atoms with Crippen molar-refractivity contribution in [2.75, 3.05) is 62.2 Å². The van der Waals surface area contributed by atoms with Crippen LogP contribution >= 0.6 is 0 Å². The third-order valence-electron chi connectivity index (χ3n) is 9.07. The van der Waals surface area contributed by atoms with Crippen molar-refractivity contribution >= 4 is 16.8 Å². The Hall–Kier alpha value is -4.37. The fraction of sp³-hybridized carbons (Fsp3) is 0.400. The Morgan fingerprint density at radius 1 is 0.886 bits per heavy atom. The summed E-state index contributed by atoms with van der Waals surface area (Å²) in [5, 5.41) is 4.27. The summed E-state index contributed by atoms with van der Waals surface area (Å²) < 4.78 is 28.5. The maximum absolute atomic E-state index is 13.2. The molecule has 0 saturated heterocycles. The second-order valence-electron chi connectivity index (χ2n) is 11.6. The molecule has 1 aliphatic heterocycles. The van der Waals surface area contributed by atoms with Gasteiger partial charge in [-0.25, -0.2) is 0 Å². The molecule has 0 bridgehead atoms. The normalized spacial score (nSPS) is 17.5. The number of carbonyl (C=O) groups excluding carboxylic acids is 1. The first kappa shape index (κ1) is 31.1. The van der Waals surface area contributed by atoms with Gasteiger partial charge in [0.2, 0.25) is 5.91 Å². The van der Waals surface area contributed by atoms with E-state index >= 15 is 0 Å². The number of quaternary nitrogens is 1. The second kappa shape index (κ2) is 13.5. The number of amides is 1. The topological polar surface area (TPSA) is 91.0 Å². The van der Waals surface area contributed by atoms with Gasteiger partial charge in [-0.2, -0.15) is 0 Å². The number of carbonyl (C=O) groups is 1. The van der Waals surface area contributed by atoms with E-state index in [1.54, 1.807) is 35.5 Å². The summed E-state index contributed by atoms with van der Waals surface area (Å²) in [7, 11) is 10.6. The highest BCUT2D eigenvalue weighted by atomic mass is 16.5. The quantitative estimate of drug-likeness (QED) is 0.203. The minimum absolute atomic E-state index is 0.0600. The van der Waals surface area contributed by atoms with Crippen LogP contribution in [0.1, 0.15) is 34.7 Å². The molecule has 9 heteroatoms. The van der Waals surface area contributed by atoms with Gasteiger partial charge in [0.1, 0.15) is 11.8 Å². The molecule has 2 unspecified atom stereocenters. The molecule has 1 aliphatic rings. The van der Waals surface area contributed by atoms with E-state index in [-0.39, 0.29) is 11.9 Å². The number of hydrogen-bond donors (Lipinski definition) is 2. The fourth-order valence-corrected chi connectivity index (χ4v) is 6.43. The zero-order valence-corrected chi connectivity index (χ0v) is 26.6. The average molecular weight is 603 g/mol. The molecule has 0 saturated carbocycles. The Balaban J connectivity index is 1.32. The van der Waals surface area contributed by atoms with Gasteiger partial charge < -0.3 is 38.5 Å². The van der Waals surface area contributed by atoms with Gasteiger partial charge >= 0.3 is 0 Å². The minimum Gasteiger partial charge on any atom is -0.497 e. The Morgan fingerprint density at radius 2 is 1.61 bits per heavy atom. The van der Waals surface area contributed by atoms with Crippen LogP contribution in [-0.2, 0) is 24.1 Å². The summed E-state index contributed by atoms with van der Waals surface area (Å²) in [4.78, 5) is 16.5. The van der Waals surface area contributed by atoms with Crippen molar-refractivity contribution in [3.63, 3.8) is 0 Å². The highest BCUT2D eigenvalue weighted by molar-refractivity contribution is 5.84. The van der Waals surface area contributed by atoms with Gasteiger partial charge in [-0.1, -0.05) is 6.07 Å². The predicted molar refractivity (Wildman–Crippen MR) is 171 cm³/mol. The lowest BCUT2D eigenvalue weighted by atomic mass is 9.86. The number of likely N-dealkylation sites (N-methyl/N-ethyl adjacent to an activating group) is 1. The molecule has 0 aliphatic carbocycles. The number of aromatic nitrogens is 1. The van der Waals surface area contributed by atoms with Gasteiger partial charge in [-0.05, 0) is 65.6 Å². The highest BCUT2D eigenvalue weighted by Gasteiger charge is 2.40. The third kappa shape index (κ3) is 6.43. The molecular weight excluding hydrogens is 558 g/mol. The minimum atomic E-state index is 0.0600. The number of methoxy groups -OCH3 is 5. The number of H-pyrrole nitrogens is 1. The van der Waals surface area contributed by atoms with Gasteiger partial charge in [-0.3, -0.25) is 4.79 Å². The van der Waals surface area contributed by atoms with E-state index in [1.807, 2.05) is 36.5 Å². The molecule has 1 amide bonds. The molecule has 3 aromatic carbocycles. The summed E-state index contributed by atoms with van der Waals surface area (Å²) in [6.07, 6.45) is 4.84. The van der Waals surface area contributed by atoms with E-state index in [1.165, 1.54) is 11.1 Å². The zero-order chi connectivity index (χ0) is 31.3. The molecule has 5 rings (SSSR count). The van der Waals surface area contributed by atoms with Crippen molar-refractivity contribution in [3.8, 4) is 28.7 Å². The standard InChI is InChI=1S/C35H43N3O6/c1-38(16-13-35(39)36-14-11-25-22-37-29-9-8-26(40-2)20-27(25)29)15-12-24-19-33(43-5)34(44-6)21-28(24)30(38)17-23-7-10-31(41-3)32(18-23)42-4/h7-10,18-22,30,37H,11-17H2,1-6H3/p+1. The van der Waals surface area contributed by atoms with E-state index in [2.05, 4.69) is 35.5 Å². The lowest BCUT2D eigenvalue weighted by Crippen LogP contribution is -2.53. The van der Waals surface area contributed by atoms with Gasteiger partial charge in [0.05, 0.1) is 62.1 Å². The van der Waals surface area contributed by atoms with Crippen molar-refractivity contribution in [2.45, 2.75) is 31.7 Å². The average Bonchev–Trinajstić information content (AvgIpc) is 3.46. The first-order chi connectivity index (χ1) is 21.3. The van der Waals surface area contributed by atoms with Gasteiger partial charge in [0, 0.05) is 42.0 Å². The van der Waals surface area contributed by atoms with Crippen LogP contribution in [0.4, 0.5) is 0 Å². The Morgan fingerprint density at radius 3 is 2.34 bits per heavy atom. The van der Waals surface area contributed by atoms with E-state index in [9.17, 15) is 4.79 Å². The Bertz CT molecular complexity index is 1620. The zero-order valence-electron chi connectivity index (χ0n) is 26.6. The molecule has 2 heterocycles. The number of fused-ring (bicyclic) bond motifs is 2. The van der Waals surface area contributed by atoms with Crippen molar-refractivity contribution in [1.29, 1.82) is 0 Å². The number of benzene rings is 3. The van der Waals surface area contributed by atoms with Crippen molar-refractivity contribution in [3.05, 3.63) is 77.0 Å². The highest BCUT2D eigenvalue weighted by Crippen LogP contribution is 2.43. The maximum Gasteiger partial charge on any atom is 0.225 e. The Kier molecular flexibility index (Phi) is 9.54. The third-order valence-corrected chi connectivity index (χ3v) is 9.07. The van der Waals surface area contributed by atoms with E-state index in [4.69, 9.17) is 23.7 Å². The lowest BCUT2D eigenvalue weighted by Gasteiger charge is -2.46. The molecule has 0 fully saturated rings. The first-order valence-corrected chi connectivity index (χ1v) is 15.0. The summed E-state index contributed by atoms with van der Waals surface area (Å²) in [6, 6.07) is 16.4. The number of nitrogens with zero attached hydrogens (tertiary/aromatic N) is 1. The van der Waals surface area contributed by atoms with E-state index < -0.39 is 0 Å². The molecular formula is C35H44N3O6+. The van der Waals surface area contributed by atoms with Gasteiger partial charge in [0.15, 0.2) is 23.0 Å². The summed E-state index contributed by atoms with van der Waals surface area (Å²) >= 11 is 0. The molecule has 2 atom stereocenters. The molecule has 1 aromatic heterocycles. The number of aromatic amines is 1. The van der Waals surface area contributed by atoms with Crippen LogP contribution in [0.25, 0.3) is 10.9 Å². The number of nitrogens with one attached hydrogen (secondary N) is 2. The molecule has 44 heavy (non-hydrogen) atoms. The van der Waals surface area contributed by atoms with Crippen LogP contribution in [0.15, 0.2) is 54.7 Å². The van der Waals surface area contributed by atoms with Crippen LogP contribution in [0.3, 0.4) is 0 Å². The molecule has 4 aromatic rings. The SMILES string of the molecule is COc1ccc2[nH]cc(CCNC(=O)CC[N+]3(C)CCc4cc(OC)c(OC)cc4C3Cc3ccc(OC)c(OC)c3)c2c1. The number of ether oxygens (including phenoxy) is 5. The van der Waals surface area contributed by atoms with Crippen LogP contribution in [0, 0.1) is 0 Å². The lowest BCUT2D eigenvalue weighted by molar-refractivity contribution is -0.940. The predicted octanol–water partition coefficient (Wildman–Crippen LogP) is 5.25. The Labute approximate surface area is 259 Å².